The van der Waals surface area contributed by atoms with Crippen molar-refractivity contribution in [1.29, 1.82) is 0 Å². The van der Waals surface area contributed by atoms with Gasteiger partial charge in [0.2, 0.25) is 0 Å². The molecule has 2 rings (SSSR count). The van der Waals surface area contributed by atoms with Gasteiger partial charge in [-0.05, 0) is 33.9 Å². The summed E-state index contributed by atoms with van der Waals surface area (Å²) in [6.45, 7) is 7.57. The maximum absolute atomic E-state index is 12.7. The van der Waals surface area contributed by atoms with E-state index in [1.165, 1.54) is 0 Å². The van der Waals surface area contributed by atoms with Crippen LogP contribution in [0.15, 0.2) is 12.3 Å². The molecule has 6 heteroatoms. The lowest BCUT2D eigenvalue weighted by Gasteiger charge is -2.42. The lowest BCUT2D eigenvalue weighted by atomic mass is 10.1. The fraction of sp³-hybridized carbons (Fsp3) is 0.571. The summed E-state index contributed by atoms with van der Waals surface area (Å²) in [5, 5.41) is 0. The number of likely N-dealkylation sites (N-methyl/N-ethyl adjacent to an activating group) is 1. The highest BCUT2D eigenvalue weighted by atomic mass is 16.2. The summed E-state index contributed by atoms with van der Waals surface area (Å²) in [6, 6.07) is 2.47. The Balaban J connectivity index is 2.23. The first-order valence-corrected chi connectivity index (χ1v) is 6.88. The number of piperazine rings is 1. The molecule has 110 valence electrons. The number of nitrogens with zero attached hydrogens (tertiary/aromatic N) is 3. The van der Waals surface area contributed by atoms with Gasteiger partial charge in [-0.25, -0.2) is 0 Å². The molecule has 6 nitrogen and oxygen atoms in total. The van der Waals surface area contributed by atoms with E-state index >= 15 is 0 Å². The molecule has 2 atom stereocenters. The Morgan fingerprint density at radius 1 is 1.40 bits per heavy atom. The topological polar surface area (TPSA) is 74.5 Å². The zero-order valence-electron chi connectivity index (χ0n) is 12.6. The van der Waals surface area contributed by atoms with Crippen LogP contribution in [0.2, 0.25) is 0 Å². The third-order valence-corrected chi connectivity index (χ3v) is 4.07. The Morgan fingerprint density at radius 2 is 2.00 bits per heavy atom. The fourth-order valence-electron chi connectivity index (χ4n) is 2.59. The average Bonchev–Trinajstić information content (AvgIpc) is 2.43. The van der Waals surface area contributed by atoms with Gasteiger partial charge in [0.05, 0.1) is 11.3 Å². The number of amides is 1. The van der Waals surface area contributed by atoms with E-state index < -0.39 is 0 Å². The summed E-state index contributed by atoms with van der Waals surface area (Å²) in [6.07, 6.45) is 1.60. The number of hydrogen-bond donors (Lipinski definition) is 2. The Bertz CT molecular complexity index is 492. The SMILES string of the molecule is Cc1cc(NN)c(C(=O)N2CC(C)N(C)C(C)C2)cn1. The molecule has 1 saturated heterocycles. The van der Waals surface area contributed by atoms with Crippen molar-refractivity contribution in [3.8, 4) is 0 Å². The molecule has 1 aliphatic heterocycles. The number of carbonyl (C=O) groups excluding carboxylic acids is 1. The normalized spacial score (nSPS) is 23.8. The molecule has 1 aromatic rings. The number of nitrogens with one attached hydrogen (secondary N) is 1. The summed E-state index contributed by atoms with van der Waals surface area (Å²) in [5.41, 5.74) is 4.57. The van der Waals surface area contributed by atoms with Crippen LogP contribution in [0.5, 0.6) is 0 Å². The zero-order valence-corrected chi connectivity index (χ0v) is 12.6. The van der Waals surface area contributed by atoms with Gasteiger partial charge in [0.25, 0.3) is 5.91 Å². The summed E-state index contributed by atoms with van der Waals surface area (Å²) >= 11 is 0. The Hall–Kier alpha value is -1.66. The van der Waals surface area contributed by atoms with Gasteiger partial charge in [0, 0.05) is 37.1 Å². The van der Waals surface area contributed by atoms with Crippen LogP contribution in [-0.2, 0) is 0 Å². The van der Waals surface area contributed by atoms with E-state index in [9.17, 15) is 4.79 Å². The standard InChI is InChI=1S/C14H23N5O/c1-9-5-13(17-15)12(6-16-9)14(20)19-7-10(2)18(4)11(3)8-19/h5-6,10-11H,7-8,15H2,1-4H3,(H,16,17). The Kier molecular flexibility index (Phi) is 4.25. The number of nitrogens with two attached hydrogens (primary N) is 1. The number of rotatable bonds is 2. The second kappa shape index (κ2) is 5.76. The third kappa shape index (κ3) is 2.76. The molecule has 3 N–H and O–H groups in total. The van der Waals surface area contributed by atoms with E-state index in [4.69, 9.17) is 5.84 Å². The molecule has 0 spiro atoms. The molecular formula is C14H23N5O. The first kappa shape index (κ1) is 14.7. The minimum absolute atomic E-state index is 0.0164. The summed E-state index contributed by atoms with van der Waals surface area (Å²) in [7, 11) is 2.09. The number of aryl methyl sites for hydroxylation is 1. The number of pyridine rings is 1. The number of anilines is 1. The van der Waals surface area contributed by atoms with Gasteiger partial charge >= 0.3 is 0 Å². The molecule has 0 radical (unpaired) electrons. The van der Waals surface area contributed by atoms with Crippen LogP contribution in [0.1, 0.15) is 29.9 Å². The van der Waals surface area contributed by atoms with E-state index in [0.717, 1.165) is 18.8 Å². The van der Waals surface area contributed by atoms with Gasteiger partial charge in [-0.3, -0.25) is 20.5 Å². The monoisotopic (exact) mass is 277 g/mol. The molecule has 1 amide bonds. The van der Waals surface area contributed by atoms with Crippen LogP contribution in [-0.4, -0.2) is 52.9 Å². The van der Waals surface area contributed by atoms with Crippen molar-refractivity contribution < 1.29 is 4.79 Å². The second-order valence-electron chi connectivity index (χ2n) is 5.59. The molecule has 1 fully saturated rings. The number of nitrogen functional groups attached to an aromatic ring is 1. The van der Waals surface area contributed by atoms with Gasteiger partial charge in [-0.2, -0.15) is 0 Å². The number of hydrazine groups is 1. The van der Waals surface area contributed by atoms with Crippen LogP contribution >= 0.6 is 0 Å². The van der Waals surface area contributed by atoms with Crippen molar-refractivity contribution in [2.75, 3.05) is 25.6 Å². The van der Waals surface area contributed by atoms with Crippen molar-refractivity contribution >= 4 is 11.6 Å². The number of hydrogen-bond acceptors (Lipinski definition) is 5. The predicted octanol–water partition coefficient (Wildman–Crippen LogP) is 0.840. The maximum Gasteiger partial charge on any atom is 0.257 e. The highest BCUT2D eigenvalue weighted by molar-refractivity contribution is 5.99. The van der Waals surface area contributed by atoms with Crippen molar-refractivity contribution in [1.82, 2.24) is 14.8 Å². The van der Waals surface area contributed by atoms with Gasteiger partial charge in [-0.15, -0.1) is 0 Å². The van der Waals surface area contributed by atoms with E-state index in [-0.39, 0.29) is 5.91 Å². The lowest BCUT2D eigenvalue weighted by Crippen LogP contribution is -2.56. The average molecular weight is 277 g/mol. The Morgan fingerprint density at radius 3 is 2.55 bits per heavy atom. The molecule has 0 aromatic carbocycles. The summed E-state index contributed by atoms with van der Waals surface area (Å²) < 4.78 is 0. The fourth-order valence-corrected chi connectivity index (χ4v) is 2.59. The Labute approximate surface area is 119 Å². The first-order valence-electron chi connectivity index (χ1n) is 6.88. The van der Waals surface area contributed by atoms with Gasteiger partial charge < -0.3 is 10.3 Å². The van der Waals surface area contributed by atoms with Crippen LogP contribution < -0.4 is 11.3 Å². The molecule has 1 aromatic heterocycles. The van der Waals surface area contributed by atoms with Crippen LogP contribution in [0.3, 0.4) is 0 Å². The molecule has 0 bridgehead atoms. The van der Waals surface area contributed by atoms with Crippen molar-refractivity contribution in [3.05, 3.63) is 23.5 Å². The van der Waals surface area contributed by atoms with Crippen molar-refractivity contribution in [2.45, 2.75) is 32.9 Å². The molecule has 0 aliphatic carbocycles. The maximum atomic E-state index is 12.7. The largest absolute Gasteiger partial charge is 0.335 e. The second-order valence-corrected chi connectivity index (χ2v) is 5.59. The van der Waals surface area contributed by atoms with E-state index in [2.05, 4.69) is 36.2 Å². The molecule has 20 heavy (non-hydrogen) atoms. The molecular weight excluding hydrogens is 254 g/mol. The minimum atomic E-state index is -0.0164. The molecule has 1 aliphatic rings. The van der Waals surface area contributed by atoms with Crippen molar-refractivity contribution in [2.24, 2.45) is 5.84 Å². The molecule has 2 unspecified atom stereocenters. The van der Waals surface area contributed by atoms with Crippen LogP contribution in [0.25, 0.3) is 0 Å². The minimum Gasteiger partial charge on any atom is -0.335 e. The highest BCUT2D eigenvalue weighted by Crippen LogP contribution is 2.20. The molecule has 2 heterocycles. The van der Waals surface area contributed by atoms with E-state index in [1.807, 2.05) is 11.8 Å². The van der Waals surface area contributed by atoms with E-state index in [1.54, 1.807) is 12.3 Å². The lowest BCUT2D eigenvalue weighted by molar-refractivity contribution is 0.0414. The van der Waals surface area contributed by atoms with Crippen LogP contribution in [0, 0.1) is 6.92 Å². The third-order valence-electron chi connectivity index (χ3n) is 4.07. The number of aromatic nitrogens is 1. The smallest absolute Gasteiger partial charge is 0.257 e. The van der Waals surface area contributed by atoms with Gasteiger partial charge in [0.15, 0.2) is 0 Å². The van der Waals surface area contributed by atoms with Crippen LogP contribution in [0.4, 0.5) is 5.69 Å². The highest BCUT2D eigenvalue weighted by Gasteiger charge is 2.30. The van der Waals surface area contributed by atoms with Gasteiger partial charge in [-0.1, -0.05) is 0 Å². The summed E-state index contributed by atoms with van der Waals surface area (Å²) in [5.74, 6) is 5.49. The molecule has 0 saturated carbocycles. The number of carbonyl (C=O) groups is 1. The van der Waals surface area contributed by atoms with E-state index in [0.29, 0.717) is 23.3 Å². The predicted molar refractivity (Wildman–Crippen MR) is 79.4 cm³/mol. The zero-order chi connectivity index (χ0) is 14.9. The summed E-state index contributed by atoms with van der Waals surface area (Å²) in [4.78, 5) is 21.0. The van der Waals surface area contributed by atoms with Gasteiger partial charge in [0.1, 0.15) is 0 Å². The first-order chi connectivity index (χ1) is 9.43. The quantitative estimate of drug-likeness (QED) is 0.619. The van der Waals surface area contributed by atoms with Crippen molar-refractivity contribution in [3.63, 3.8) is 0 Å².